The number of para-hydroxylation sites is 1. The maximum Gasteiger partial charge on any atom is 0.179 e. The van der Waals surface area contributed by atoms with E-state index in [1.807, 2.05) is 31.2 Å². The summed E-state index contributed by atoms with van der Waals surface area (Å²) in [6.45, 7) is 4.01. The monoisotopic (exact) mass is 391 g/mol. The van der Waals surface area contributed by atoms with Crippen LogP contribution in [0.15, 0.2) is 52.9 Å². The number of fused-ring (bicyclic) bond motifs is 3. The molecule has 1 N–H and O–H groups in total. The maximum absolute atomic E-state index is 13.4. The van der Waals surface area contributed by atoms with Crippen LogP contribution < -0.4 is 0 Å². The fourth-order valence-electron chi connectivity index (χ4n) is 3.78. The highest BCUT2D eigenvalue weighted by molar-refractivity contribution is 8.02. The average Bonchev–Trinajstić information content (AvgIpc) is 3.31. The van der Waals surface area contributed by atoms with Gasteiger partial charge in [0.25, 0.3) is 0 Å². The molecule has 0 aliphatic heterocycles. The molecule has 2 aromatic heterocycles. The molecule has 134 valence electrons. The first-order valence-electron chi connectivity index (χ1n) is 8.80. The van der Waals surface area contributed by atoms with Crippen LogP contribution in [0.2, 0.25) is 0 Å². The van der Waals surface area contributed by atoms with E-state index in [4.69, 9.17) is 0 Å². The minimum atomic E-state index is -0.231. The van der Waals surface area contributed by atoms with Crippen LogP contribution in [0, 0.1) is 13.8 Å². The Kier molecular flexibility index (Phi) is 3.91. The van der Waals surface area contributed by atoms with Crippen LogP contribution in [0.3, 0.4) is 0 Å². The Hall–Kier alpha value is -2.44. The lowest BCUT2D eigenvalue weighted by molar-refractivity contribution is 0.0999. The SMILES string of the molecule is Cc1ccc([C@@H]2c3[nH]c4ccccc4c3C(=O)[C@H]2Sc2nnc(C)s2)cc1. The molecule has 0 radical (unpaired) electrons. The van der Waals surface area contributed by atoms with E-state index in [-0.39, 0.29) is 17.0 Å². The second-order valence-corrected chi connectivity index (χ2v) is 9.41. The molecule has 4 aromatic rings. The first kappa shape index (κ1) is 16.7. The van der Waals surface area contributed by atoms with Crippen LogP contribution in [-0.4, -0.2) is 26.2 Å². The minimum Gasteiger partial charge on any atom is -0.357 e. The Morgan fingerprint density at radius 2 is 1.81 bits per heavy atom. The van der Waals surface area contributed by atoms with Crippen LogP contribution in [0.5, 0.6) is 0 Å². The van der Waals surface area contributed by atoms with Crippen LogP contribution in [0.4, 0.5) is 0 Å². The zero-order valence-electron chi connectivity index (χ0n) is 14.9. The largest absolute Gasteiger partial charge is 0.357 e. The highest BCUT2D eigenvalue weighted by atomic mass is 32.2. The molecule has 1 aliphatic carbocycles. The van der Waals surface area contributed by atoms with E-state index in [2.05, 4.69) is 46.4 Å². The lowest BCUT2D eigenvalue weighted by Gasteiger charge is -2.18. The number of nitrogens with one attached hydrogen (secondary N) is 1. The summed E-state index contributed by atoms with van der Waals surface area (Å²) in [5.41, 5.74) is 5.23. The third kappa shape index (κ3) is 2.71. The Labute approximate surface area is 165 Å². The third-order valence-electron chi connectivity index (χ3n) is 5.03. The number of aromatic nitrogens is 3. The van der Waals surface area contributed by atoms with Crippen LogP contribution in [0.25, 0.3) is 10.9 Å². The summed E-state index contributed by atoms with van der Waals surface area (Å²) in [5, 5.41) is 10.0. The Morgan fingerprint density at radius 3 is 2.56 bits per heavy atom. The molecule has 2 aromatic carbocycles. The van der Waals surface area contributed by atoms with Crippen molar-refractivity contribution in [2.24, 2.45) is 0 Å². The van der Waals surface area contributed by atoms with Gasteiger partial charge in [-0.25, -0.2) is 0 Å². The number of benzene rings is 2. The number of aryl methyl sites for hydroxylation is 2. The quantitative estimate of drug-likeness (QED) is 0.526. The third-order valence-corrected chi connectivity index (χ3v) is 7.22. The number of H-pyrrole nitrogens is 1. The summed E-state index contributed by atoms with van der Waals surface area (Å²) >= 11 is 3.07. The van der Waals surface area contributed by atoms with Crippen molar-refractivity contribution in [2.75, 3.05) is 0 Å². The number of ketones is 1. The zero-order chi connectivity index (χ0) is 18.5. The van der Waals surface area contributed by atoms with Crippen molar-refractivity contribution in [3.05, 3.63) is 75.9 Å². The first-order valence-corrected chi connectivity index (χ1v) is 10.5. The van der Waals surface area contributed by atoms with E-state index in [0.29, 0.717) is 0 Å². The summed E-state index contributed by atoms with van der Waals surface area (Å²) in [7, 11) is 0. The molecule has 0 saturated carbocycles. The molecular formula is C21H17N3OS2. The van der Waals surface area contributed by atoms with Crippen molar-refractivity contribution in [3.63, 3.8) is 0 Å². The van der Waals surface area contributed by atoms with Gasteiger partial charge >= 0.3 is 0 Å². The summed E-state index contributed by atoms with van der Waals surface area (Å²) < 4.78 is 0.845. The van der Waals surface area contributed by atoms with Crippen LogP contribution >= 0.6 is 23.1 Å². The molecule has 0 amide bonds. The van der Waals surface area contributed by atoms with Crippen LogP contribution in [-0.2, 0) is 0 Å². The average molecular weight is 392 g/mol. The van der Waals surface area contributed by atoms with Crippen molar-refractivity contribution in [1.29, 1.82) is 0 Å². The van der Waals surface area contributed by atoms with Crippen molar-refractivity contribution in [2.45, 2.75) is 29.4 Å². The van der Waals surface area contributed by atoms with E-state index < -0.39 is 0 Å². The fourth-order valence-corrected chi connectivity index (χ4v) is 6.02. The fraction of sp³-hybridized carbons (Fsp3) is 0.190. The van der Waals surface area contributed by atoms with Gasteiger partial charge in [-0.2, -0.15) is 0 Å². The zero-order valence-corrected chi connectivity index (χ0v) is 16.5. The molecule has 1 aliphatic rings. The van der Waals surface area contributed by atoms with Crippen molar-refractivity contribution < 1.29 is 4.79 Å². The first-order chi connectivity index (χ1) is 13.1. The highest BCUT2D eigenvalue weighted by Gasteiger charge is 2.44. The van der Waals surface area contributed by atoms with Gasteiger partial charge in [0.1, 0.15) is 5.01 Å². The highest BCUT2D eigenvalue weighted by Crippen LogP contribution is 2.48. The standard InChI is InChI=1S/C21H17N3OS2/c1-11-7-9-13(10-8-11)16-18-17(14-5-3-4-6-15(14)22-18)19(25)20(16)27-21-24-23-12(2)26-21/h3-10,16,20,22H,1-2H3/t16-,20+/m1/s1. The summed E-state index contributed by atoms with van der Waals surface area (Å²) in [6.07, 6.45) is 0. The van der Waals surface area contributed by atoms with Gasteiger partial charge in [0.05, 0.1) is 5.25 Å². The van der Waals surface area contributed by atoms with Crippen molar-refractivity contribution in [1.82, 2.24) is 15.2 Å². The molecule has 0 saturated heterocycles. The lowest BCUT2D eigenvalue weighted by Crippen LogP contribution is -2.18. The van der Waals surface area contributed by atoms with E-state index in [0.717, 1.165) is 37.1 Å². The number of hydrogen-bond donors (Lipinski definition) is 1. The Morgan fingerprint density at radius 1 is 1.04 bits per heavy atom. The normalized spacial score (nSPS) is 19.0. The van der Waals surface area contributed by atoms with Gasteiger partial charge < -0.3 is 4.98 Å². The topological polar surface area (TPSA) is 58.6 Å². The number of nitrogens with zero attached hydrogens (tertiary/aromatic N) is 2. The van der Waals surface area contributed by atoms with Gasteiger partial charge in [-0.1, -0.05) is 71.1 Å². The lowest BCUT2D eigenvalue weighted by atomic mass is 9.95. The minimum absolute atomic E-state index is 0.0188. The van der Waals surface area contributed by atoms with Gasteiger partial charge in [-0.15, -0.1) is 10.2 Å². The molecule has 2 heterocycles. The number of carbonyl (C=O) groups is 1. The predicted octanol–water partition coefficient (Wildman–Crippen LogP) is 5.13. The van der Waals surface area contributed by atoms with E-state index in [1.165, 1.54) is 28.7 Å². The van der Waals surface area contributed by atoms with Crippen LogP contribution in [0.1, 0.15) is 38.1 Å². The number of thioether (sulfide) groups is 1. The van der Waals surface area contributed by atoms with Gasteiger partial charge in [0.15, 0.2) is 10.1 Å². The molecule has 2 atom stereocenters. The van der Waals surface area contributed by atoms with E-state index in [9.17, 15) is 4.79 Å². The molecule has 4 nitrogen and oxygen atoms in total. The van der Waals surface area contributed by atoms with E-state index >= 15 is 0 Å². The second-order valence-electron chi connectivity index (χ2n) is 6.84. The summed E-state index contributed by atoms with van der Waals surface area (Å²) in [5.74, 6) is 0.153. The van der Waals surface area contributed by atoms with Gasteiger partial charge in [-0.3, -0.25) is 4.79 Å². The van der Waals surface area contributed by atoms with Crippen molar-refractivity contribution >= 4 is 39.8 Å². The molecule has 6 heteroatoms. The van der Waals surface area contributed by atoms with Gasteiger partial charge in [0.2, 0.25) is 0 Å². The molecule has 27 heavy (non-hydrogen) atoms. The molecule has 0 bridgehead atoms. The Bertz CT molecular complexity index is 1160. The maximum atomic E-state index is 13.4. The molecule has 5 rings (SSSR count). The number of aromatic amines is 1. The summed E-state index contributed by atoms with van der Waals surface area (Å²) in [4.78, 5) is 17.0. The number of hydrogen-bond acceptors (Lipinski definition) is 5. The molecule has 0 unspecified atom stereocenters. The van der Waals surface area contributed by atoms with E-state index in [1.54, 1.807) is 0 Å². The second kappa shape index (κ2) is 6.32. The molecule has 0 spiro atoms. The Balaban J connectivity index is 1.66. The summed E-state index contributed by atoms with van der Waals surface area (Å²) in [6, 6.07) is 16.5. The molecular weight excluding hydrogens is 374 g/mol. The van der Waals surface area contributed by atoms with Crippen molar-refractivity contribution in [3.8, 4) is 0 Å². The van der Waals surface area contributed by atoms with Gasteiger partial charge in [0, 0.05) is 28.1 Å². The predicted molar refractivity (Wildman–Crippen MR) is 110 cm³/mol. The number of Topliss-reactive ketones (excluding diaryl/α,β-unsaturated/α-hetero) is 1. The molecule has 0 fully saturated rings. The number of rotatable bonds is 3. The van der Waals surface area contributed by atoms with Gasteiger partial charge in [-0.05, 0) is 25.5 Å². The number of carbonyl (C=O) groups excluding carboxylic acids is 1. The smallest absolute Gasteiger partial charge is 0.179 e.